The minimum Gasteiger partial charge on any atom is -0.330 e. The number of hydrogen-bond acceptors (Lipinski definition) is 3. The number of nitrogens with two attached hydrogens (primary N) is 1. The number of unbranched alkanes of at least 4 members (excludes halogenated alkanes) is 2. The van der Waals surface area contributed by atoms with E-state index in [0.29, 0.717) is 18.6 Å². The van der Waals surface area contributed by atoms with E-state index in [2.05, 4.69) is 4.98 Å². The summed E-state index contributed by atoms with van der Waals surface area (Å²) in [5.74, 6) is 0.292. The predicted octanol–water partition coefficient (Wildman–Crippen LogP) is 1.71. The lowest BCUT2D eigenvalue weighted by Gasteiger charge is -2.00. The first kappa shape index (κ1) is 11.9. The third kappa shape index (κ3) is 5.27. The minimum absolute atomic E-state index is 0.292. The van der Waals surface area contributed by atoms with Crippen LogP contribution in [0.15, 0.2) is 24.5 Å². The summed E-state index contributed by atoms with van der Waals surface area (Å²) in [6, 6.07) is 3.79. The third-order valence-electron chi connectivity index (χ3n) is 2.28. The van der Waals surface area contributed by atoms with Gasteiger partial charge in [-0.15, -0.1) is 0 Å². The van der Waals surface area contributed by atoms with Gasteiger partial charge in [-0.2, -0.15) is 0 Å². The third-order valence-corrected chi connectivity index (χ3v) is 2.28. The van der Waals surface area contributed by atoms with Gasteiger partial charge in [0.2, 0.25) is 0 Å². The molecule has 0 bridgehead atoms. The minimum atomic E-state index is 0.292. The van der Waals surface area contributed by atoms with Gasteiger partial charge in [0.1, 0.15) is 5.78 Å². The molecule has 1 aromatic heterocycles. The molecule has 0 saturated carbocycles. The second-order valence-corrected chi connectivity index (χ2v) is 3.68. The van der Waals surface area contributed by atoms with E-state index in [0.717, 1.165) is 31.4 Å². The van der Waals surface area contributed by atoms with Crippen molar-refractivity contribution in [2.75, 3.05) is 6.54 Å². The average Bonchev–Trinajstić information content (AvgIpc) is 2.26. The molecule has 0 aliphatic carbocycles. The first-order valence-electron chi connectivity index (χ1n) is 5.43. The Balaban J connectivity index is 2.19. The van der Waals surface area contributed by atoms with Crippen LogP contribution in [-0.2, 0) is 11.2 Å². The number of ketones is 1. The molecule has 1 rings (SSSR count). The number of carbonyl (C=O) groups is 1. The Kier molecular flexibility index (Phi) is 5.63. The standard InChI is InChI=1S/C12H18N2O/c13-7-3-1-2-6-12(15)9-11-5-4-8-14-10-11/h4-5,8,10H,1-3,6-7,9,13H2. The molecular formula is C12H18N2O. The van der Waals surface area contributed by atoms with Gasteiger partial charge in [0.05, 0.1) is 0 Å². The highest BCUT2D eigenvalue weighted by atomic mass is 16.1. The molecule has 3 nitrogen and oxygen atoms in total. The van der Waals surface area contributed by atoms with E-state index >= 15 is 0 Å². The van der Waals surface area contributed by atoms with E-state index in [1.165, 1.54) is 0 Å². The first-order chi connectivity index (χ1) is 7.33. The molecule has 15 heavy (non-hydrogen) atoms. The molecule has 0 unspecified atom stereocenters. The fourth-order valence-electron chi connectivity index (χ4n) is 1.46. The molecule has 2 N–H and O–H groups in total. The van der Waals surface area contributed by atoms with Crippen molar-refractivity contribution in [3.8, 4) is 0 Å². The van der Waals surface area contributed by atoms with E-state index in [1.807, 2.05) is 12.1 Å². The Morgan fingerprint density at radius 2 is 2.20 bits per heavy atom. The van der Waals surface area contributed by atoms with Crippen molar-refractivity contribution >= 4 is 5.78 Å². The number of Topliss-reactive ketones (excluding diaryl/α,β-unsaturated/α-hetero) is 1. The van der Waals surface area contributed by atoms with Crippen LogP contribution in [0.1, 0.15) is 31.2 Å². The topological polar surface area (TPSA) is 56.0 Å². The van der Waals surface area contributed by atoms with Crippen LogP contribution >= 0.6 is 0 Å². The van der Waals surface area contributed by atoms with E-state index in [-0.39, 0.29) is 0 Å². The molecule has 0 spiro atoms. The lowest BCUT2D eigenvalue weighted by Crippen LogP contribution is -2.04. The summed E-state index contributed by atoms with van der Waals surface area (Å²) in [6.45, 7) is 0.719. The van der Waals surface area contributed by atoms with Gasteiger partial charge in [0, 0.05) is 25.2 Å². The molecule has 0 radical (unpaired) electrons. The van der Waals surface area contributed by atoms with Crippen molar-refractivity contribution in [1.29, 1.82) is 0 Å². The molecule has 1 heterocycles. The summed E-state index contributed by atoms with van der Waals surface area (Å²) in [6.07, 6.45) is 7.66. The maximum Gasteiger partial charge on any atom is 0.137 e. The Bertz CT molecular complexity index is 285. The van der Waals surface area contributed by atoms with Crippen LogP contribution in [0.5, 0.6) is 0 Å². The first-order valence-corrected chi connectivity index (χ1v) is 5.43. The summed E-state index contributed by atoms with van der Waals surface area (Å²) in [7, 11) is 0. The Labute approximate surface area is 90.7 Å². The summed E-state index contributed by atoms with van der Waals surface area (Å²) >= 11 is 0. The number of carbonyl (C=O) groups excluding carboxylic acids is 1. The van der Waals surface area contributed by atoms with Gasteiger partial charge in [-0.05, 0) is 31.0 Å². The van der Waals surface area contributed by atoms with E-state index < -0.39 is 0 Å². The van der Waals surface area contributed by atoms with Crippen LogP contribution in [0.2, 0.25) is 0 Å². The van der Waals surface area contributed by atoms with Crippen molar-refractivity contribution in [2.45, 2.75) is 32.1 Å². The summed E-state index contributed by atoms with van der Waals surface area (Å²) in [5, 5.41) is 0. The Hall–Kier alpha value is -1.22. The summed E-state index contributed by atoms with van der Waals surface area (Å²) in [4.78, 5) is 15.5. The summed E-state index contributed by atoms with van der Waals surface area (Å²) in [5.41, 5.74) is 6.38. The van der Waals surface area contributed by atoms with E-state index in [4.69, 9.17) is 5.73 Å². The molecule has 0 atom stereocenters. The molecule has 1 aromatic rings. The molecule has 0 amide bonds. The number of nitrogens with zero attached hydrogens (tertiary/aromatic N) is 1. The normalized spacial score (nSPS) is 10.2. The Morgan fingerprint density at radius 1 is 1.33 bits per heavy atom. The molecule has 0 aliphatic heterocycles. The van der Waals surface area contributed by atoms with Gasteiger partial charge in [0.15, 0.2) is 0 Å². The molecule has 0 fully saturated rings. The largest absolute Gasteiger partial charge is 0.330 e. The molecular weight excluding hydrogens is 188 g/mol. The maximum atomic E-state index is 11.5. The molecule has 82 valence electrons. The van der Waals surface area contributed by atoms with Crippen molar-refractivity contribution in [3.05, 3.63) is 30.1 Å². The van der Waals surface area contributed by atoms with Gasteiger partial charge in [-0.1, -0.05) is 12.5 Å². The Morgan fingerprint density at radius 3 is 2.87 bits per heavy atom. The van der Waals surface area contributed by atoms with Gasteiger partial charge in [-0.3, -0.25) is 9.78 Å². The zero-order chi connectivity index (χ0) is 10.9. The second-order valence-electron chi connectivity index (χ2n) is 3.68. The fourth-order valence-corrected chi connectivity index (χ4v) is 1.46. The highest BCUT2D eigenvalue weighted by molar-refractivity contribution is 5.80. The van der Waals surface area contributed by atoms with Crippen LogP contribution in [0.4, 0.5) is 0 Å². The number of aromatic nitrogens is 1. The zero-order valence-electron chi connectivity index (χ0n) is 8.98. The molecule has 3 heteroatoms. The predicted molar refractivity (Wildman–Crippen MR) is 60.5 cm³/mol. The van der Waals surface area contributed by atoms with E-state index in [9.17, 15) is 4.79 Å². The number of pyridine rings is 1. The van der Waals surface area contributed by atoms with Crippen molar-refractivity contribution in [2.24, 2.45) is 5.73 Å². The van der Waals surface area contributed by atoms with Crippen molar-refractivity contribution in [3.63, 3.8) is 0 Å². The monoisotopic (exact) mass is 206 g/mol. The van der Waals surface area contributed by atoms with Gasteiger partial charge in [-0.25, -0.2) is 0 Å². The number of hydrogen-bond donors (Lipinski definition) is 1. The van der Waals surface area contributed by atoms with Crippen LogP contribution in [0, 0.1) is 0 Å². The fraction of sp³-hybridized carbons (Fsp3) is 0.500. The van der Waals surface area contributed by atoms with E-state index in [1.54, 1.807) is 12.4 Å². The molecule has 0 aromatic carbocycles. The highest BCUT2D eigenvalue weighted by Crippen LogP contribution is 2.04. The highest BCUT2D eigenvalue weighted by Gasteiger charge is 2.02. The second kappa shape index (κ2) is 7.12. The van der Waals surface area contributed by atoms with Crippen LogP contribution in [-0.4, -0.2) is 17.3 Å². The van der Waals surface area contributed by atoms with Crippen LogP contribution < -0.4 is 5.73 Å². The molecule has 0 aliphatic rings. The number of rotatable bonds is 7. The van der Waals surface area contributed by atoms with Gasteiger partial charge in [0.25, 0.3) is 0 Å². The van der Waals surface area contributed by atoms with Gasteiger partial charge < -0.3 is 5.73 Å². The maximum absolute atomic E-state index is 11.5. The average molecular weight is 206 g/mol. The summed E-state index contributed by atoms with van der Waals surface area (Å²) < 4.78 is 0. The smallest absolute Gasteiger partial charge is 0.137 e. The molecule has 0 saturated heterocycles. The van der Waals surface area contributed by atoms with Crippen LogP contribution in [0.25, 0.3) is 0 Å². The van der Waals surface area contributed by atoms with Crippen molar-refractivity contribution < 1.29 is 4.79 Å². The lowest BCUT2D eigenvalue weighted by atomic mass is 10.1. The van der Waals surface area contributed by atoms with Crippen LogP contribution in [0.3, 0.4) is 0 Å². The van der Waals surface area contributed by atoms with Gasteiger partial charge >= 0.3 is 0 Å². The van der Waals surface area contributed by atoms with Crippen molar-refractivity contribution in [1.82, 2.24) is 4.98 Å². The quantitative estimate of drug-likeness (QED) is 0.691. The SMILES string of the molecule is NCCCCCC(=O)Cc1cccnc1. The lowest BCUT2D eigenvalue weighted by molar-refractivity contribution is -0.118. The zero-order valence-corrected chi connectivity index (χ0v) is 8.98.